The van der Waals surface area contributed by atoms with Gasteiger partial charge in [-0.25, -0.2) is 9.59 Å². The molecular formula is C36H64N2O4. The van der Waals surface area contributed by atoms with E-state index in [1.54, 1.807) is 24.3 Å². The summed E-state index contributed by atoms with van der Waals surface area (Å²) in [7, 11) is 4.15. The third kappa shape index (κ3) is 20.9. The quantitative estimate of drug-likeness (QED) is 0.0719. The molecule has 0 spiro atoms. The van der Waals surface area contributed by atoms with Crippen molar-refractivity contribution in [2.24, 2.45) is 0 Å². The van der Waals surface area contributed by atoms with E-state index >= 15 is 0 Å². The van der Waals surface area contributed by atoms with Crippen molar-refractivity contribution in [3.05, 3.63) is 35.4 Å². The molecule has 1 aromatic carbocycles. The highest BCUT2D eigenvalue weighted by molar-refractivity contribution is 5.95. The number of ether oxygens (including phenoxy) is 2. The van der Waals surface area contributed by atoms with Crippen LogP contribution in [0.25, 0.3) is 0 Å². The maximum atomic E-state index is 12.6. The number of unbranched alkanes of at least 4 members (excludes halogenated alkanes) is 16. The fraction of sp³-hybridized carbons (Fsp3) is 0.778. The molecule has 6 heteroatoms. The Kier molecular flexibility index (Phi) is 24.2. The molecule has 0 aliphatic heterocycles. The highest BCUT2D eigenvalue weighted by Gasteiger charge is 2.13. The van der Waals surface area contributed by atoms with Crippen LogP contribution in [-0.4, -0.2) is 75.2 Å². The Morgan fingerprint density at radius 3 is 1.21 bits per heavy atom. The second kappa shape index (κ2) is 26.7. The molecule has 1 rings (SSSR count). The second-order valence-corrected chi connectivity index (χ2v) is 12.1. The van der Waals surface area contributed by atoms with Crippen LogP contribution in [0.4, 0.5) is 0 Å². The van der Waals surface area contributed by atoms with E-state index in [4.69, 9.17) is 9.47 Å². The summed E-state index contributed by atoms with van der Waals surface area (Å²) in [5, 5.41) is 0. The molecule has 0 aromatic heterocycles. The van der Waals surface area contributed by atoms with Crippen LogP contribution in [0.2, 0.25) is 0 Å². The van der Waals surface area contributed by atoms with Crippen molar-refractivity contribution in [2.75, 3.05) is 53.5 Å². The van der Waals surface area contributed by atoms with Gasteiger partial charge in [-0.1, -0.05) is 123 Å². The van der Waals surface area contributed by atoms with Crippen LogP contribution >= 0.6 is 0 Å². The smallest absolute Gasteiger partial charge is 0.338 e. The van der Waals surface area contributed by atoms with Gasteiger partial charge in [0.25, 0.3) is 0 Å². The van der Waals surface area contributed by atoms with Gasteiger partial charge in [0, 0.05) is 13.1 Å². The lowest BCUT2D eigenvalue weighted by molar-refractivity contribution is 0.0471. The molecule has 0 saturated heterocycles. The zero-order valence-electron chi connectivity index (χ0n) is 27.8. The molecule has 0 bridgehead atoms. The third-order valence-electron chi connectivity index (χ3n) is 8.03. The minimum Gasteiger partial charge on any atom is -0.461 e. The van der Waals surface area contributed by atoms with Gasteiger partial charge >= 0.3 is 11.9 Å². The van der Waals surface area contributed by atoms with Gasteiger partial charge in [-0.2, -0.15) is 0 Å². The Morgan fingerprint density at radius 2 is 0.857 bits per heavy atom. The minimum absolute atomic E-state index is 0.340. The summed E-state index contributed by atoms with van der Waals surface area (Å²) in [5.41, 5.74) is 0.766. The number of likely N-dealkylation sites (N-methyl/N-ethyl adjacent to an activating group) is 2. The maximum Gasteiger partial charge on any atom is 0.338 e. The van der Waals surface area contributed by atoms with E-state index in [-0.39, 0.29) is 0 Å². The number of carbonyl (C=O) groups excluding carboxylic acids is 2. The maximum absolute atomic E-state index is 12.6. The van der Waals surface area contributed by atoms with Crippen LogP contribution < -0.4 is 0 Å². The molecular weight excluding hydrogens is 524 g/mol. The Labute approximate surface area is 258 Å². The van der Waals surface area contributed by atoms with E-state index in [9.17, 15) is 9.59 Å². The van der Waals surface area contributed by atoms with Crippen LogP contribution in [0, 0.1) is 0 Å². The normalized spacial score (nSPS) is 11.4. The molecule has 0 aliphatic rings. The number of esters is 2. The highest BCUT2D eigenvalue weighted by Crippen LogP contribution is 2.12. The summed E-state index contributed by atoms with van der Waals surface area (Å²) >= 11 is 0. The molecule has 0 fully saturated rings. The highest BCUT2D eigenvalue weighted by atomic mass is 16.5. The first-order valence-electron chi connectivity index (χ1n) is 17.3. The fourth-order valence-corrected chi connectivity index (χ4v) is 5.14. The monoisotopic (exact) mass is 588 g/mol. The van der Waals surface area contributed by atoms with Crippen molar-refractivity contribution >= 4 is 11.9 Å². The van der Waals surface area contributed by atoms with Crippen LogP contribution in [0.5, 0.6) is 0 Å². The zero-order valence-corrected chi connectivity index (χ0v) is 27.8. The number of benzene rings is 1. The van der Waals surface area contributed by atoms with Gasteiger partial charge in [0.2, 0.25) is 0 Å². The Balaban J connectivity index is 2.15. The molecule has 0 heterocycles. The summed E-state index contributed by atoms with van der Waals surface area (Å²) in [6, 6.07) is 6.65. The minimum atomic E-state index is -0.401. The lowest BCUT2D eigenvalue weighted by atomic mass is 10.1. The van der Waals surface area contributed by atoms with Crippen molar-refractivity contribution in [3.8, 4) is 0 Å². The second-order valence-electron chi connectivity index (χ2n) is 12.1. The predicted molar refractivity (Wildman–Crippen MR) is 176 cm³/mol. The predicted octanol–water partition coefficient (Wildman–Crippen LogP) is 8.93. The third-order valence-corrected chi connectivity index (χ3v) is 8.03. The van der Waals surface area contributed by atoms with Gasteiger partial charge in [-0.05, 0) is 58.2 Å². The summed E-state index contributed by atoms with van der Waals surface area (Å²) in [5.74, 6) is -0.802. The van der Waals surface area contributed by atoms with E-state index in [0.29, 0.717) is 37.4 Å². The molecule has 42 heavy (non-hydrogen) atoms. The summed E-state index contributed by atoms with van der Waals surface area (Å²) in [6.45, 7) is 8.64. The molecule has 0 atom stereocenters. The number of nitrogens with zero attached hydrogens (tertiary/aromatic N) is 2. The van der Waals surface area contributed by atoms with Crippen molar-refractivity contribution < 1.29 is 19.1 Å². The van der Waals surface area contributed by atoms with E-state index in [2.05, 4.69) is 37.7 Å². The van der Waals surface area contributed by atoms with Crippen LogP contribution in [-0.2, 0) is 9.47 Å². The van der Waals surface area contributed by atoms with Crippen LogP contribution in [0.3, 0.4) is 0 Å². The molecule has 0 unspecified atom stereocenters. The summed E-state index contributed by atoms with van der Waals surface area (Å²) < 4.78 is 11.0. The Morgan fingerprint density at radius 1 is 0.524 bits per heavy atom. The van der Waals surface area contributed by atoms with Crippen molar-refractivity contribution in [3.63, 3.8) is 0 Å². The first-order valence-corrected chi connectivity index (χ1v) is 17.3. The number of rotatable bonds is 28. The topological polar surface area (TPSA) is 59.1 Å². The van der Waals surface area contributed by atoms with Gasteiger partial charge in [-0.3, -0.25) is 0 Å². The summed E-state index contributed by atoms with van der Waals surface area (Å²) in [4.78, 5) is 29.5. The molecule has 0 aliphatic carbocycles. The first-order chi connectivity index (χ1) is 20.5. The van der Waals surface area contributed by atoms with E-state index in [0.717, 1.165) is 13.1 Å². The number of hydrogen-bond acceptors (Lipinski definition) is 6. The summed E-state index contributed by atoms with van der Waals surface area (Å²) in [6.07, 6.45) is 23.8. The fourth-order valence-electron chi connectivity index (χ4n) is 5.14. The van der Waals surface area contributed by atoms with Crippen LogP contribution in [0.15, 0.2) is 24.3 Å². The van der Waals surface area contributed by atoms with E-state index in [1.807, 2.05) is 0 Å². The molecule has 6 nitrogen and oxygen atoms in total. The van der Waals surface area contributed by atoms with Gasteiger partial charge in [-0.15, -0.1) is 0 Å². The van der Waals surface area contributed by atoms with Gasteiger partial charge < -0.3 is 19.3 Å². The zero-order chi connectivity index (χ0) is 30.7. The SMILES string of the molecule is CCCCCCCCCCCN(C)CCOC(=O)c1cccc(C(=O)OCCN(C)CCCCCCCCCCC)c1. The number of hydrogen-bond donors (Lipinski definition) is 0. The average molecular weight is 589 g/mol. The Hall–Kier alpha value is -1.92. The van der Waals surface area contributed by atoms with Crippen LogP contribution in [0.1, 0.15) is 150 Å². The molecule has 0 N–H and O–H groups in total. The molecule has 242 valence electrons. The number of carbonyl (C=O) groups is 2. The van der Waals surface area contributed by atoms with Crippen molar-refractivity contribution in [1.29, 1.82) is 0 Å². The largest absolute Gasteiger partial charge is 0.461 e. The standard InChI is InChI=1S/C36H64N2O4/c1-5-7-9-11-13-15-17-19-21-26-37(3)28-30-41-35(39)33-24-23-25-34(32-33)36(40)42-31-29-38(4)27-22-20-18-16-14-12-10-8-6-2/h23-25,32H,5-22,26-31H2,1-4H3. The molecule has 0 saturated carbocycles. The lowest BCUT2D eigenvalue weighted by Crippen LogP contribution is -2.26. The first kappa shape index (κ1) is 38.1. The van der Waals surface area contributed by atoms with E-state index < -0.39 is 11.9 Å². The lowest BCUT2D eigenvalue weighted by Gasteiger charge is -2.17. The van der Waals surface area contributed by atoms with Gasteiger partial charge in [0.15, 0.2) is 0 Å². The average Bonchev–Trinajstić information content (AvgIpc) is 2.99. The van der Waals surface area contributed by atoms with Gasteiger partial charge in [0.1, 0.15) is 13.2 Å². The van der Waals surface area contributed by atoms with Gasteiger partial charge in [0.05, 0.1) is 11.1 Å². The van der Waals surface area contributed by atoms with E-state index in [1.165, 1.54) is 116 Å². The van der Waals surface area contributed by atoms with Crippen molar-refractivity contribution in [1.82, 2.24) is 9.80 Å². The molecule has 0 radical (unpaired) electrons. The molecule has 1 aromatic rings. The Bertz CT molecular complexity index is 739. The molecule has 0 amide bonds. The van der Waals surface area contributed by atoms with Crippen molar-refractivity contribution in [2.45, 2.75) is 129 Å².